The molecule has 21 heavy (non-hydrogen) atoms. The molecule has 1 aliphatic rings. The lowest BCUT2D eigenvalue weighted by atomic mass is 10.1. The van der Waals surface area contributed by atoms with Crippen molar-refractivity contribution < 1.29 is 9.53 Å². The smallest absolute Gasteiger partial charge is 0.251 e. The zero-order valence-corrected chi connectivity index (χ0v) is 11.7. The summed E-state index contributed by atoms with van der Waals surface area (Å²) >= 11 is 0. The molecule has 4 nitrogen and oxygen atoms in total. The molecule has 1 aliphatic heterocycles. The van der Waals surface area contributed by atoms with E-state index in [4.69, 9.17) is 10.5 Å². The predicted octanol–water partition coefficient (Wildman–Crippen LogP) is 2.05. The molecule has 1 unspecified atom stereocenters. The number of ether oxygens (including phenoxy) is 1. The van der Waals surface area contributed by atoms with Gasteiger partial charge in [0.25, 0.3) is 5.91 Å². The van der Waals surface area contributed by atoms with E-state index < -0.39 is 0 Å². The maximum absolute atomic E-state index is 12.2. The van der Waals surface area contributed by atoms with Crippen LogP contribution in [0.25, 0.3) is 0 Å². The van der Waals surface area contributed by atoms with Crippen LogP contribution in [0.1, 0.15) is 27.5 Å². The van der Waals surface area contributed by atoms with Gasteiger partial charge in [0.05, 0.1) is 6.61 Å². The van der Waals surface area contributed by atoms with Gasteiger partial charge in [0, 0.05) is 24.6 Å². The maximum atomic E-state index is 12.2. The Balaban J connectivity index is 1.62. The Morgan fingerprint density at radius 3 is 2.86 bits per heavy atom. The standard InChI is InChI=1S/C17H18N2O2/c18-15(12-4-2-1-3-5-12)11-19-17(20)14-6-7-16-13(10-14)8-9-21-16/h1-7,10,15H,8-9,11,18H2,(H,19,20). The lowest BCUT2D eigenvalue weighted by Gasteiger charge is -2.13. The van der Waals surface area contributed by atoms with E-state index in [1.54, 1.807) is 6.07 Å². The quantitative estimate of drug-likeness (QED) is 0.902. The minimum atomic E-state index is -0.201. The molecule has 3 rings (SSSR count). The first kappa shape index (κ1) is 13.6. The topological polar surface area (TPSA) is 64.3 Å². The summed E-state index contributed by atoms with van der Waals surface area (Å²) in [6.07, 6.45) is 0.861. The number of nitrogens with one attached hydrogen (secondary N) is 1. The van der Waals surface area contributed by atoms with Gasteiger partial charge < -0.3 is 15.8 Å². The van der Waals surface area contributed by atoms with E-state index in [1.165, 1.54) is 0 Å². The number of benzene rings is 2. The SMILES string of the molecule is NC(CNC(=O)c1ccc2c(c1)CCO2)c1ccccc1. The number of hydrogen-bond donors (Lipinski definition) is 2. The van der Waals surface area contributed by atoms with Crippen molar-refractivity contribution in [3.05, 3.63) is 65.2 Å². The molecule has 1 amide bonds. The average Bonchev–Trinajstić information content (AvgIpc) is 3.00. The lowest BCUT2D eigenvalue weighted by Crippen LogP contribution is -2.31. The lowest BCUT2D eigenvalue weighted by molar-refractivity contribution is 0.0951. The second-order valence-corrected chi connectivity index (χ2v) is 5.15. The van der Waals surface area contributed by atoms with Gasteiger partial charge in [-0.2, -0.15) is 0 Å². The van der Waals surface area contributed by atoms with Crippen LogP contribution in [0.15, 0.2) is 48.5 Å². The number of carbonyl (C=O) groups excluding carboxylic acids is 1. The summed E-state index contributed by atoms with van der Waals surface area (Å²) in [4.78, 5) is 12.2. The van der Waals surface area contributed by atoms with Gasteiger partial charge in [-0.3, -0.25) is 4.79 Å². The Morgan fingerprint density at radius 1 is 1.24 bits per heavy atom. The number of nitrogens with two attached hydrogens (primary N) is 1. The molecule has 0 saturated heterocycles. The highest BCUT2D eigenvalue weighted by Crippen LogP contribution is 2.25. The van der Waals surface area contributed by atoms with Crippen LogP contribution in [-0.4, -0.2) is 19.1 Å². The summed E-state index contributed by atoms with van der Waals surface area (Å²) in [5, 5.41) is 2.88. The molecule has 1 atom stereocenters. The molecule has 4 heteroatoms. The van der Waals surface area contributed by atoms with Crippen LogP contribution in [0.5, 0.6) is 5.75 Å². The fourth-order valence-electron chi connectivity index (χ4n) is 2.45. The molecule has 0 saturated carbocycles. The molecule has 1 heterocycles. The van der Waals surface area contributed by atoms with Crippen molar-refractivity contribution in [3.63, 3.8) is 0 Å². The Bertz CT molecular complexity index is 640. The van der Waals surface area contributed by atoms with Crippen molar-refractivity contribution in [3.8, 4) is 5.75 Å². The van der Waals surface area contributed by atoms with Crippen LogP contribution in [-0.2, 0) is 6.42 Å². The van der Waals surface area contributed by atoms with Gasteiger partial charge in [-0.1, -0.05) is 30.3 Å². The van der Waals surface area contributed by atoms with E-state index in [9.17, 15) is 4.79 Å². The molecule has 2 aromatic carbocycles. The van der Waals surface area contributed by atoms with Crippen molar-refractivity contribution in [2.75, 3.05) is 13.2 Å². The number of rotatable bonds is 4. The molecule has 0 spiro atoms. The molecule has 0 aliphatic carbocycles. The summed E-state index contributed by atoms with van der Waals surface area (Å²) in [5.41, 5.74) is 8.84. The summed E-state index contributed by atoms with van der Waals surface area (Å²) < 4.78 is 5.44. The Hall–Kier alpha value is -2.33. The van der Waals surface area contributed by atoms with Crippen LogP contribution in [0, 0.1) is 0 Å². The van der Waals surface area contributed by atoms with Crippen molar-refractivity contribution in [1.29, 1.82) is 0 Å². The van der Waals surface area contributed by atoms with Crippen LogP contribution in [0.3, 0.4) is 0 Å². The molecule has 3 N–H and O–H groups in total. The summed E-state index contributed by atoms with van der Waals surface area (Å²) in [6, 6.07) is 15.1. The van der Waals surface area contributed by atoms with E-state index in [2.05, 4.69) is 5.32 Å². The van der Waals surface area contributed by atoms with Crippen molar-refractivity contribution in [2.24, 2.45) is 5.73 Å². The maximum Gasteiger partial charge on any atom is 0.251 e. The van der Waals surface area contributed by atoms with E-state index in [0.29, 0.717) is 18.7 Å². The molecular weight excluding hydrogens is 264 g/mol. The number of carbonyl (C=O) groups is 1. The normalized spacial score (nSPS) is 14.1. The van der Waals surface area contributed by atoms with Crippen LogP contribution >= 0.6 is 0 Å². The van der Waals surface area contributed by atoms with Gasteiger partial charge in [-0.05, 0) is 29.3 Å². The average molecular weight is 282 g/mol. The predicted molar refractivity (Wildman–Crippen MR) is 81.3 cm³/mol. The first-order chi connectivity index (χ1) is 10.2. The van der Waals surface area contributed by atoms with Gasteiger partial charge in [0.15, 0.2) is 0 Å². The first-order valence-corrected chi connectivity index (χ1v) is 7.08. The third-order valence-electron chi connectivity index (χ3n) is 3.66. The monoisotopic (exact) mass is 282 g/mol. The molecular formula is C17H18N2O2. The minimum Gasteiger partial charge on any atom is -0.493 e. The first-order valence-electron chi connectivity index (χ1n) is 7.08. The molecule has 108 valence electrons. The molecule has 0 radical (unpaired) electrons. The number of fused-ring (bicyclic) bond motifs is 1. The van der Waals surface area contributed by atoms with Gasteiger partial charge in [0.2, 0.25) is 0 Å². The minimum absolute atomic E-state index is 0.101. The van der Waals surface area contributed by atoms with Crippen LogP contribution < -0.4 is 15.8 Å². The zero-order chi connectivity index (χ0) is 14.7. The van der Waals surface area contributed by atoms with E-state index >= 15 is 0 Å². The Kier molecular flexibility index (Phi) is 3.88. The fourth-order valence-corrected chi connectivity index (χ4v) is 2.45. The summed E-state index contributed by atoms with van der Waals surface area (Å²) in [6.45, 7) is 1.11. The van der Waals surface area contributed by atoms with Crippen molar-refractivity contribution in [2.45, 2.75) is 12.5 Å². The van der Waals surface area contributed by atoms with Crippen LogP contribution in [0.2, 0.25) is 0 Å². The molecule has 2 aromatic rings. The van der Waals surface area contributed by atoms with E-state index in [0.717, 1.165) is 23.3 Å². The van der Waals surface area contributed by atoms with Gasteiger partial charge in [0.1, 0.15) is 5.75 Å². The summed E-state index contributed by atoms with van der Waals surface area (Å²) in [7, 11) is 0. The van der Waals surface area contributed by atoms with Gasteiger partial charge in [-0.15, -0.1) is 0 Å². The highest BCUT2D eigenvalue weighted by atomic mass is 16.5. The third kappa shape index (κ3) is 3.06. The zero-order valence-electron chi connectivity index (χ0n) is 11.7. The van der Waals surface area contributed by atoms with E-state index in [1.807, 2.05) is 42.5 Å². The third-order valence-corrected chi connectivity index (χ3v) is 3.66. The molecule has 0 bridgehead atoms. The Labute approximate surface area is 123 Å². The Morgan fingerprint density at radius 2 is 2.05 bits per heavy atom. The van der Waals surface area contributed by atoms with Crippen molar-refractivity contribution in [1.82, 2.24) is 5.32 Å². The molecule has 0 fully saturated rings. The van der Waals surface area contributed by atoms with Crippen molar-refractivity contribution >= 4 is 5.91 Å². The number of hydrogen-bond acceptors (Lipinski definition) is 3. The van der Waals surface area contributed by atoms with E-state index in [-0.39, 0.29) is 11.9 Å². The second-order valence-electron chi connectivity index (χ2n) is 5.15. The largest absolute Gasteiger partial charge is 0.493 e. The molecule has 0 aromatic heterocycles. The van der Waals surface area contributed by atoms with Crippen LogP contribution in [0.4, 0.5) is 0 Å². The number of amides is 1. The van der Waals surface area contributed by atoms with Gasteiger partial charge in [-0.25, -0.2) is 0 Å². The highest BCUT2D eigenvalue weighted by molar-refractivity contribution is 5.94. The second kappa shape index (κ2) is 5.97. The summed E-state index contributed by atoms with van der Waals surface area (Å²) in [5.74, 6) is 0.781. The highest BCUT2D eigenvalue weighted by Gasteiger charge is 2.15. The van der Waals surface area contributed by atoms with Gasteiger partial charge >= 0.3 is 0 Å². The fraction of sp³-hybridized carbons (Fsp3) is 0.235.